The molecule has 1 aromatic rings. The van der Waals surface area contributed by atoms with Crippen LogP contribution in [0, 0.1) is 0 Å². The molecule has 0 amide bonds. The van der Waals surface area contributed by atoms with E-state index in [1.807, 2.05) is 6.20 Å². The Balaban J connectivity index is 1.42. The second kappa shape index (κ2) is 6.30. The first-order valence-electron chi connectivity index (χ1n) is 7.27. The van der Waals surface area contributed by atoms with Gasteiger partial charge in [0.05, 0.1) is 12.3 Å². The van der Waals surface area contributed by atoms with Crippen molar-refractivity contribution < 1.29 is 4.74 Å². The zero-order chi connectivity index (χ0) is 12.9. The lowest BCUT2D eigenvalue weighted by Gasteiger charge is -2.35. The Kier molecular flexibility index (Phi) is 4.25. The average Bonchev–Trinajstić information content (AvgIpc) is 3.00. The molecule has 0 radical (unpaired) electrons. The van der Waals surface area contributed by atoms with E-state index in [-0.39, 0.29) is 0 Å². The third-order valence-corrected chi connectivity index (χ3v) is 4.04. The van der Waals surface area contributed by atoms with Gasteiger partial charge in [-0.25, -0.2) is 4.98 Å². The Bertz CT molecular complexity index is 372. The first kappa shape index (κ1) is 12.8. The zero-order valence-corrected chi connectivity index (χ0v) is 11.4. The summed E-state index contributed by atoms with van der Waals surface area (Å²) in [6.45, 7) is 6.45. The molecule has 0 bridgehead atoms. The highest BCUT2D eigenvalue weighted by atomic mass is 16.5. The molecule has 2 fully saturated rings. The summed E-state index contributed by atoms with van der Waals surface area (Å²) in [7, 11) is 0. The van der Waals surface area contributed by atoms with Crippen LogP contribution in [0.2, 0.25) is 0 Å². The van der Waals surface area contributed by atoms with Gasteiger partial charge in [-0.05, 0) is 19.3 Å². The van der Waals surface area contributed by atoms with E-state index in [2.05, 4.69) is 19.8 Å². The molecule has 2 saturated heterocycles. The van der Waals surface area contributed by atoms with Crippen molar-refractivity contribution in [2.45, 2.75) is 25.4 Å². The molecule has 0 aliphatic carbocycles. The second-order valence-corrected chi connectivity index (χ2v) is 5.32. The summed E-state index contributed by atoms with van der Waals surface area (Å²) in [6, 6.07) is 0. The Labute approximate surface area is 114 Å². The van der Waals surface area contributed by atoms with Crippen molar-refractivity contribution in [3.63, 3.8) is 0 Å². The summed E-state index contributed by atoms with van der Waals surface area (Å²) < 4.78 is 5.68. The molecular formula is C14H22N4O. The summed E-state index contributed by atoms with van der Waals surface area (Å²) in [5.74, 6) is 1.00. The van der Waals surface area contributed by atoms with Crippen LogP contribution < -0.4 is 4.90 Å². The van der Waals surface area contributed by atoms with Crippen LogP contribution in [-0.4, -0.2) is 60.3 Å². The molecular weight excluding hydrogens is 240 g/mol. The van der Waals surface area contributed by atoms with Gasteiger partial charge in [0.15, 0.2) is 0 Å². The number of anilines is 1. The molecule has 0 N–H and O–H groups in total. The maximum Gasteiger partial charge on any atom is 0.147 e. The lowest BCUT2D eigenvalue weighted by molar-refractivity contribution is 0.0910. The molecule has 3 rings (SSSR count). The van der Waals surface area contributed by atoms with E-state index in [0.717, 1.165) is 38.6 Å². The van der Waals surface area contributed by atoms with Gasteiger partial charge < -0.3 is 9.64 Å². The summed E-state index contributed by atoms with van der Waals surface area (Å²) in [6.07, 6.45) is 9.52. The normalized spacial score (nSPS) is 24.8. The SMILES string of the molecule is c1cnc(N2CCN(CCC3CCCO3)CC2)cn1. The second-order valence-electron chi connectivity index (χ2n) is 5.32. The maximum atomic E-state index is 5.68. The van der Waals surface area contributed by atoms with Crippen LogP contribution in [-0.2, 0) is 4.74 Å². The standard InChI is InChI=1S/C14H22N4O/c1-2-13(19-11-1)3-6-17-7-9-18(10-8-17)14-12-15-4-5-16-14/h4-5,12-13H,1-3,6-11H2. The minimum atomic E-state index is 0.512. The van der Waals surface area contributed by atoms with E-state index in [0.29, 0.717) is 6.10 Å². The van der Waals surface area contributed by atoms with Crippen LogP contribution in [0.1, 0.15) is 19.3 Å². The van der Waals surface area contributed by atoms with E-state index in [9.17, 15) is 0 Å². The Morgan fingerprint density at radius 1 is 1.21 bits per heavy atom. The lowest BCUT2D eigenvalue weighted by Crippen LogP contribution is -2.47. The van der Waals surface area contributed by atoms with Crippen molar-refractivity contribution in [2.75, 3.05) is 44.2 Å². The van der Waals surface area contributed by atoms with Gasteiger partial charge in [0.25, 0.3) is 0 Å². The number of hydrogen-bond acceptors (Lipinski definition) is 5. The van der Waals surface area contributed by atoms with E-state index in [4.69, 9.17) is 4.74 Å². The van der Waals surface area contributed by atoms with Crippen molar-refractivity contribution in [2.24, 2.45) is 0 Å². The number of ether oxygens (including phenoxy) is 1. The third kappa shape index (κ3) is 3.42. The Morgan fingerprint density at radius 3 is 2.79 bits per heavy atom. The number of nitrogens with zero attached hydrogens (tertiary/aromatic N) is 4. The quantitative estimate of drug-likeness (QED) is 0.814. The van der Waals surface area contributed by atoms with Crippen LogP contribution in [0.4, 0.5) is 5.82 Å². The predicted octanol–water partition coefficient (Wildman–Crippen LogP) is 1.17. The van der Waals surface area contributed by atoms with Gasteiger partial charge in [0, 0.05) is 51.7 Å². The van der Waals surface area contributed by atoms with Crippen molar-refractivity contribution in [3.05, 3.63) is 18.6 Å². The summed E-state index contributed by atoms with van der Waals surface area (Å²) in [5.41, 5.74) is 0. The molecule has 0 aromatic carbocycles. The van der Waals surface area contributed by atoms with Crippen LogP contribution in [0.25, 0.3) is 0 Å². The first-order valence-corrected chi connectivity index (χ1v) is 7.27. The number of aromatic nitrogens is 2. The fourth-order valence-electron chi connectivity index (χ4n) is 2.85. The van der Waals surface area contributed by atoms with Gasteiger partial charge in [-0.15, -0.1) is 0 Å². The summed E-state index contributed by atoms with van der Waals surface area (Å²) >= 11 is 0. The molecule has 5 nitrogen and oxygen atoms in total. The molecule has 2 aliphatic rings. The van der Waals surface area contributed by atoms with Crippen LogP contribution >= 0.6 is 0 Å². The predicted molar refractivity (Wildman–Crippen MR) is 74.3 cm³/mol. The summed E-state index contributed by atoms with van der Waals surface area (Å²) in [4.78, 5) is 13.3. The molecule has 1 unspecified atom stereocenters. The van der Waals surface area contributed by atoms with Gasteiger partial charge >= 0.3 is 0 Å². The molecule has 1 aromatic heterocycles. The zero-order valence-electron chi connectivity index (χ0n) is 11.4. The Morgan fingerprint density at radius 2 is 2.11 bits per heavy atom. The fourth-order valence-corrected chi connectivity index (χ4v) is 2.85. The minimum Gasteiger partial charge on any atom is -0.378 e. The highest BCUT2D eigenvalue weighted by Gasteiger charge is 2.20. The maximum absolute atomic E-state index is 5.68. The summed E-state index contributed by atoms with van der Waals surface area (Å²) in [5, 5.41) is 0. The van der Waals surface area contributed by atoms with Crippen LogP contribution in [0.5, 0.6) is 0 Å². The molecule has 0 saturated carbocycles. The van der Waals surface area contributed by atoms with Crippen molar-refractivity contribution in [3.8, 4) is 0 Å². The average molecular weight is 262 g/mol. The molecule has 2 aliphatic heterocycles. The third-order valence-electron chi connectivity index (χ3n) is 4.04. The van der Waals surface area contributed by atoms with E-state index in [1.54, 1.807) is 12.4 Å². The van der Waals surface area contributed by atoms with Crippen LogP contribution in [0.3, 0.4) is 0 Å². The number of piperazine rings is 1. The van der Waals surface area contributed by atoms with Gasteiger partial charge in [0.1, 0.15) is 5.82 Å². The van der Waals surface area contributed by atoms with E-state index in [1.165, 1.54) is 25.8 Å². The highest BCUT2D eigenvalue weighted by Crippen LogP contribution is 2.17. The number of hydrogen-bond donors (Lipinski definition) is 0. The molecule has 1 atom stereocenters. The van der Waals surface area contributed by atoms with E-state index < -0.39 is 0 Å². The molecule has 3 heterocycles. The topological polar surface area (TPSA) is 41.5 Å². The monoisotopic (exact) mass is 262 g/mol. The number of rotatable bonds is 4. The minimum absolute atomic E-state index is 0.512. The van der Waals surface area contributed by atoms with Gasteiger partial charge in [-0.1, -0.05) is 0 Å². The van der Waals surface area contributed by atoms with E-state index >= 15 is 0 Å². The van der Waals surface area contributed by atoms with Gasteiger partial charge in [0.2, 0.25) is 0 Å². The van der Waals surface area contributed by atoms with Crippen LogP contribution in [0.15, 0.2) is 18.6 Å². The molecule has 19 heavy (non-hydrogen) atoms. The highest BCUT2D eigenvalue weighted by molar-refractivity contribution is 5.35. The lowest BCUT2D eigenvalue weighted by atomic mass is 10.1. The van der Waals surface area contributed by atoms with Crippen molar-refractivity contribution in [1.29, 1.82) is 0 Å². The van der Waals surface area contributed by atoms with Gasteiger partial charge in [-0.3, -0.25) is 9.88 Å². The van der Waals surface area contributed by atoms with Crippen molar-refractivity contribution in [1.82, 2.24) is 14.9 Å². The smallest absolute Gasteiger partial charge is 0.147 e. The van der Waals surface area contributed by atoms with Gasteiger partial charge in [-0.2, -0.15) is 0 Å². The molecule has 0 spiro atoms. The molecule has 104 valence electrons. The first-order chi connectivity index (χ1) is 9.42. The fraction of sp³-hybridized carbons (Fsp3) is 0.714. The van der Waals surface area contributed by atoms with Crippen molar-refractivity contribution >= 4 is 5.82 Å². The largest absolute Gasteiger partial charge is 0.378 e. The Hall–Kier alpha value is -1.20. The molecule has 5 heteroatoms.